The Hall–Kier alpha value is -2.10. The minimum Gasteiger partial charge on any atom is -0.476 e. The van der Waals surface area contributed by atoms with Crippen molar-refractivity contribution in [2.75, 3.05) is 0 Å². The fourth-order valence-electron chi connectivity index (χ4n) is 3.19. The van der Waals surface area contributed by atoms with Crippen LogP contribution in [-0.4, -0.2) is 20.9 Å². The van der Waals surface area contributed by atoms with Crippen molar-refractivity contribution < 1.29 is 9.90 Å². The molecule has 1 aromatic carbocycles. The standard InChI is InChI=1S/C17H20N2O2/c1-11-8-9-14(12(2)10-11)19-15-7-5-3-4-6-13(15)16(18-19)17(20)21/h8-10H,3-7H2,1-2H3,(H,20,21). The molecule has 1 aliphatic rings. The number of carbonyl (C=O) groups is 1. The molecule has 0 saturated carbocycles. The van der Waals surface area contributed by atoms with Crippen molar-refractivity contribution >= 4 is 5.97 Å². The number of aryl methyl sites for hydroxylation is 2. The van der Waals surface area contributed by atoms with Crippen molar-refractivity contribution in [3.8, 4) is 5.69 Å². The molecule has 4 heteroatoms. The molecule has 3 rings (SSSR count). The fraction of sp³-hybridized carbons (Fsp3) is 0.412. The molecule has 0 unspecified atom stereocenters. The summed E-state index contributed by atoms with van der Waals surface area (Å²) in [6.07, 6.45) is 5.03. The third-order valence-electron chi connectivity index (χ3n) is 4.21. The molecule has 0 bridgehead atoms. The van der Waals surface area contributed by atoms with Crippen LogP contribution < -0.4 is 0 Å². The number of carboxylic acid groups (broad SMARTS) is 1. The van der Waals surface area contributed by atoms with Gasteiger partial charge in [0.05, 0.1) is 5.69 Å². The summed E-state index contributed by atoms with van der Waals surface area (Å²) in [6, 6.07) is 6.20. The maximum Gasteiger partial charge on any atom is 0.356 e. The van der Waals surface area contributed by atoms with Crippen LogP contribution in [0.1, 0.15) is 52.1 Å². The van der Waals surface area contributed by atoms with Gasteiger partial charge in [0.25, 0.3) is 0 Å². The summed E-state index contributed by atoms with van der Waals surface area (Å²) in [5.74, 6) is -0.920. The van der Waals surface area contributed by atoms with Crippen LogP contribution in [0.25, 0.3) is 5.69 Å². The molecule has 0 spiro atoms. The summed E-state index contributed by atoms with van der Waals surface area (Å²) >= 11 is 0. The molecule has 1 aliphatic carbocycles. The number of benzene rings is 1. The van der Waals surface area contributed by atoms with E-state index in [0.29, 0.717) is 0 Å². The van der Waals surface area contributed by atoms with Gasteiger partial charge in [0.2, 0.25) is 0 Å². The van der Waals surface area contributed by atoms with Crippen molar-refractivity contribution in [2.24, 2.45) is 0 Å². The van der Waals surface area contributed by atoms with Crippen LogP contribution in [0.5, 0.6) is 0 Å². The molecule has 0 radical (unpaired) electrons. The lowest BCUT2D eigenvalue weighted by Crippen LogP contribution is -2.05. The number of hydrogen-bond acceptors (Lipinski definition) is 2. The lowest BCUT2D eigenvalue weighted by atomic mass is 10.1. The quantitative estimate of drug-likeness (QED) is 0.859. The Morgan fingerprint density at radius 1 is 1.19 bits per heavy atom. The molecule has 0 atom stereocenters. The molecule has 0 fully saturated rings. The fourth-order valence-corrected chi connectivity index (χ4v) is 3.19. The van der Waals surface area contributed by atoms with Crippen molar-refractivity contribution in [2.45, 2.75) is 46.0 Å². The van der Waals surface area contributed by atoms with Gasteiger partial charge in [0.15, 0.2) is 5.69 Å². The van der Waals surface area contributed by atoms with Gasteiger partial charge in [0, 0.05) is 11.3 Å². The summed E-state index contributed by atoms with van der Waals surface area (Å²) < 4.78 is 1.86. The van der Waals surface area contributed by atoms with Gasteiger partial charge in [-0.1, -0.05) is 24.1 Å². The van der Waals surface area contributed by atoms with E-state index in [4.69, 9.17) is 0 Å². The van der Waals surface area contributed by atoms with E-state index < -0.39 is 5.97 Å². The predicted octanol–water partition coefficient (Wildman–Crippen LogP) is 3.46. The third-order valence-corrected chi connectivity index (χ3v) is 4.21. The highest BCUT2D eigenvalue weighted by Crippen LogP contribution is 2.27. The van der Waals surface area contributed by atoms with Gasteiger partial charge in [-0.15, -0.1) is 0 Å². The Morgan fingerprint density at radius 3 is 2.67 bits per heavy atom. The van der Waals surface area contributed by atoms with E-state index in [1.54, 1.807) is 0 Å². The topological polar surface area (TPSA) is 55.1 Å². The highest BCUT2D eigenvalue weighted by molar-refractivity contribution is 5.87. The summed E-state index contributed by atoms with van der Waals surface area (Å²) in [5, 5.41) is 13.8. The van der Waals surface area contributed by atoms with Gasteiger partial charge in [-0.2, -0.15) is 5.10 Å². The van der Waals surface area contributed by atoms with E-state index in [1.807, 2.05) is 23.7 Å². The van der Waals surface area contributed by atoms with Crippen molar-refractivity contribution in [3.63, 3.8) is 0 Å². The minimum atomic E-state index is -0.920. The Labute approximate surface area is 124 Å². The molecule has 1 N–H and O–H groups in total. The molecule has 0 amide bonds. The Morgan fingerprint density at radius 2 is 1.95 bits per heavy atom. The van der Waals surface area contributed by atoms with Gasteiger partial charge >= 0.3 is 5.97 Å². The predicted molar refractivity (Wildman–Crippen MR) is 81.3 cm³/mol. The normalized spacial score (nSPS) is 14.6. The first kappa shape index (κ1) is 13.9. The van der Waals surface area contributed by atoms with E-state index in [9.17, 15) is 9.90 Å². The summed E-state index contributed by atoms with van der Waals surface area (Å²) in [7, 11) is 0. The average Bonchev–Trinajstić information content (AvgIpc) is 2.63. The van der Waals surface area contributed by atoms with Gasteiger partial charge in [-0.25, -0.2) is 9.48 Å². The van der Waals surface area contributed by atoms with E-state index >= 15 is 0 Å². The highest BCUT2D eigenvalue weighted by atomic mass is 16.4. The number of fused-ring (bicyclic) bond motifs is 1. The van der Waals surface area contributed by atoms with E-state index in [-0.39, 0.29) is 5.69 Å². The molecule has 1 heterocycles. The molecule has 0 saturated heterocycles. The van der Waals surface area contributed by atoms with Gasteiger partial charge in [-0.05, 0) is 51.2 Å². The Kier molecular flexibility index (Phi) is 3.53. The van der Waals surface area contributed by atoms with Crippen LogP contribution in [0, 0.1) is 13.8 Å². The van der Waals surface area contributed by atoms with Gasteiger partial charge < -0.3 is 5.11 Å². The number of aromatic nitrogens is 2. The smallest absolute Gasteiger partial charge is 0.356 e. The second-order valence-electron chi connectivity index (χ2n) is 5.84. The maximum absolute atomic E-state index is 11.5. The number of hydrogen-bond donors (Lipinski definition) is 1. The molecule has 1 aromatic heterocycles. The average molecular weight is 284 g/mol. The van der Waals surface area contributed by atoms with Crippen LogP contribution in [0.15, 0.2) is 18.2 Å². The van der Waals surface area contributed by atoms with Crippen LogP contribution in [0.3, 0.4) is 0 Å². The lowest BCUT2D eigenvalue weighted by molar-refractivity contribution is 0.0688. The molecule has 21 heavy (non-hydrogen) atoms. The molecule has 2 aromatic rings. The number of rotatable bonds is 2. The van der Waals surface area contributed by atoms with Gasteiger partial charge in [-0.3, -0.25) is 0 Å². The minimum absolute atomic E-state index is 0.229. The largest absolute Gasteiger partial charge is 0.476 e. The number of nitrogens with zero attached hydrogens (tertiary/aromatic N) is 2. The second-order valence-corrected chi connectivity index (χ2v) is 5.84. The van der Waals surface area contributed by atoms with Crippen molar-refractivity contribution in [3.05, 3.63) is 46.3 Å². The van der Waals surface area contributed by atoms with Crippen molar-refractivity contribution in [1.82, 2.24) is 9.78 Å². The van der Waals surface area contributed by atoms with E-state index in [1.165, 1.54) is 5.56 Å². The van der Waals surface area contributed by atoms with E-state index in [2.05, 4.69) is 18.1 Å². The zero-order valence-electron chi connectivity index (χ0n) is 12.5. The van der Waals surface area contributed by atoms with E-state index in [0.717, 1.165) is 54.6 Å². The third kappa shape index (κ3) is 2.46. The summed E-state index contributed by atoms with van der Waals surface area (Å²) in [6.45, 7) is 4.11. The summed E-state index contributed by atoms with van der Waals surface area (Å²) in [5.41, 5.74) is 5.56. The zero-order valence-corrected chi connectivity index (χ0v) is 12.5. The zero-order chi connectivity index (χ0) is 15.0. The number of carboxylic acids is 1. The maximum atomic E-state index is 11.5. The van der Waals surface area contributed by atoms with Crippen LogP contribution in [0.2, 0.25) is 0 Å². The first-order valence-corrected chi connectivity index (χ1v) is 7.49. The molecule has 4 nitrogen and oxygen atoms in total. The van der Waals surface area contributed by atoms with Crippen LogP contribution >= 0.6 is 0 Å². The monoisotopic (exact) mass is 284 g/mol. The first-order chi connectivity index (χ1) is 10.1. The first-order valence-electron chi connectivity index (χ1n) is 7.49. The Bertz CT molecular complexity index is 701. The van der Waals surface area contributed by atoms with Crippen LogP contribution in [-0.2, 0) is 12.8 Å². The molecule has 0 aliphatic heterocycles. The molecule has 110 valence electrons. The highest BCUT2D eigenvalue weighted by Gasteiger charge is 2.24. The SMILES string of the molecule is Cc1ccc(-n2nc(C(=O)O)c3c2CCCCC3)c(C)c1. The van der Waals surface area contributed by atoms with Crippen molar-refractivity contribution in [1.29, 1.82) is 0 Å². The van der Waals surface area contributed by atoms with Crippen LogP contribution in [0.4, 0.5) is 0 Å². The van der Waals surface area contributed by atoms with Gasteiger partial charge in [0.1, 0.15) is 0 Å². The summed E-state index contributed by atoms with van der Waals surface area (Å²) in [4.78, 5) is 11.5. The Balaban J connectivity index is 2.20. The second kappa shape index (κ2) is 5.35. The lowest BCUT2D eigenvalue weighted by Gasteiger charge is -2.11. The molecular formula is C17H20N2O2. The molecular weight excluding hydrogens is 264 g/mol. The number of aromatic carboxylic acids is 1.